The highest BCUT2D eigenvalue weighted by molar-refractivity contribution is 6.07. The van der Waals surface area contributed by atoms with Crippen molar-refractivity contribution in [1.82, 2.24) is 0 Å². The summed E-state index contributed by atoms with van der Waals surface area (Å²) in [7, 11) is 0. The molecule has 2 aromatic carbocycles. The normalized spacial score (nSPS) is 18.8. The third-order valence-corrected chi connectivity index (χ3v) is 5.03. The van der Waals surface area contributed by atoms with Crippen LogP contribution >= 0.6 is 0 Å². The average molecular weight is 350 g/mol. The van der Waals surface area contributed by atoms with E-state index in [1.165, 1.54) is 5.56 Å². The van der Waals surface area contributed by atoms with Crippen LogP contribution < -0.4 is 14.5 Å². The molecule has 5 nitrogen and oxygen atoms in total. The molecule has 2 heterocycles. The number of nitrogens with zero attached hydrogens (tertiary/aromatic N) is 2. The summed E-state index contributed by atoms with van der Waals surface area (Å²) in [6, 6.07) is 13.7. The summed E-state index contributed by atoms with van der Waals surface area (Å²) in [6.45, 7) is 4.39. The average Bonchev–Trinajstić information content (AvgIpc) is 2.65. The molecule has 1 atom stereocenters. The first kappa shape index (κ1) is 16.6. The lowest BCUT2D eigenvalue weighted by molar-refractivity contribution is -0.127. The number of para-hydroxylation sites is 1. The van der Waals surface area contributed by atoms with Crippen LogP contribution in [0.4, 0.5) is 11.4 Å². The van der Waals surface area contributed by atoms with Crippen LogP contribution in [0.3, 0.4) is 0 Å². The standard InChI is InChI=1S/C21H22N2O3/c1-14-9-10-19-18(12-14)23(21(25)15(2)26-19)13-20(24)22-11-5-7-16-6-3-4-8-17(16)22/h3-4,6,8-10,12,15H,5,7,11,13H2,1-2H3/t15-/m0/s1. The smallest absolute Gasteiger partial charge is 0.268 e. The zero-order valence-electron chi connectivity index (χ0n) is 15.1. The molecule has 0 saturated carbocycles. The lowest BCUT2D eigenvalue weighted by atomic mass is 10.0. The fourth-order valence-corrected chi connectivity index (χ4v) is 3.69. The SMILES string of the molecule is Cc1ccc2c(c1)N(CC(=O)N1CCCc3ccccc31)C(=O)[C@H](C)O2. The van der Waals surface area contributed by atoms with Gasteiger partial charge in [0.05, 0.1) is 5.69 Å². The number of anilines is 2. The summed E-state index contributed by atoms with van der Waals surface area (Å²) in [5.74, 6) is 0.406. The molecule has 0 aliphatic carbocycles. The maximum Gasteiger partial charge on any atom is 0.268 e. The van der Waals surface area contributed by atoms with Crippen molar-refractivity contribution in [2.24, 2.45) is 0 Å². The van der Waals surface area contributed by atoms with Gasteiger partial charge in [-0.15, -0.1) is 0 Å². The summed E-state index contributed by atoms with van der Waals surface area (Å²) in [5.41, 5.74) is 3.84. The van der Waals surface area contributed by atoms with Crippen LogP contribution in [-0.2, 0) is 16.0 Å². The Morgan fingerprint density at radius 3 is 2.85 bits per heavy atom. The van der Waals surface area contributed by atoms with Crippen molar-refractivity contribution in [2.45, 2.75) is 32.8 Å². The maximum absolute atomic E-state index is 13.1. The van der Waals surface area contributed by atoms with Crippen LogP contribution in [0.5, 0.6) is 5.75 Å². The van der Waals surface area contributed by atoms with E-state index in [1.54, 1.807) is 11.8 Å². The molecule has 2 amide bonds. The van der Waals surface area contributed by atoms with E-state index in [2.05, 4.69) is 6.07 Å². The summed E-state index contributed by atoms with van der Waals surface area (Å²) >= 11 is 0. The summed E-state index contributed by atoms with van der Waals surface area (Å²) in [4.78, 5) is 29.1. The van der Waals surface area contributed by atoms with Gasteiger partial charge in [-0.2, -0.15) is 0 Å². The monoisotopic (exact) mass is 350 g/mol. The molecule has 134 valence electrons. The Hall–Kier alpha value is -2.82. The molecule has 0 bridgehead atoms. The molecule has 0 saturated heterocycles. The molecule has 0 unspecified atom stereocenters. The van der Waals surface area contributed by atoms with Crippen LogP contribution in [0.2, 0.25) is 0 Å². The molecule has 0 radical (unpaired) electrons. The molecule has 2 aromatic rings. The number of aryl methyl sites for hydroxylation is 2. The van der Waals surface area contributed by atoms with Crippen molar-refractivity contribution >= 4 is 23.2 Å². The molecule has 0 N–H and O–H groups in total. The van der Waals surface area contributed by atoms with Crippen molar-refractivity contribution in [3.05, 3.63) is 53.6 Å². The van der Waals surface area contributed by atoms with Gasteiger partial charge in [0.15, 0.2) is 6.10 Å². The Kier molecular flexibility index (Phi) is 4.15. The number of ether oxygens (including phenoxy) is 1. The van der Waals surface area contributed by atoms with Crippen LogP contribution in [0.1, 0.15) is 24.5 Å². The van der Waals surface area contributed by atoms with E-state index in [0.29, 0.717) is 18.0 Å². The summed E-state index contributed by atoms with van der Waals surface area (Å²) in [5, 5.41) is 0. The number of benzene rings is 2. The number of carbonyl (C=O) groups excluding carboxylic acids is 2. The fourth-order valence-electron chi connectivity index (χ4n) is 3.69. The predicted molar refractivity (Wildman–Crippen MR) is 101 cm³/mol. The van der Waals surface area contributed by atoms with E-state index < -0.39 is 6.10 Å². The highest BCUT2D eigenvalue weighted by atomic mass is 16.5. The number of rotatable bonds is 2. The van der Waals surface area contributed by atoms with Crippen molar-refractivity contribution in [3.8, 4) is 5.75 Å². The number of carbonyl (C=O) groups is 2. The minimum atomic E-state index is -0.591. The lowest BCUT2D eigenvalue weighted by Gasteiger charge is -2.35. The van der Waals surface area contributed by atoms with Crippen LogP contribution in [0.25, 0.3) is 0 Å². The Morgan fingerprint density at radius 1 is 1.19 bits per heavy atom. The summed E-state index contributed by atoms with van der Waals surface area (Å²) in [6.07, 6.45) is 1.33. The van der Waals surface area contributed by atoms with Gasteiger partial charge in [0.2, 0.25) is 5.91 Å². The van der Waals surface area contributed by atoms with Crippen LogP contribution in [0.15, 0.2) is 42.5 Å². The van der Waals surface area contributed by atoms with Gasteiger partial charge in [-0.1, -0.05) is 24.3 Å². The molecule has 4 rings (SSSR count). The molecule has 2 aliphatic rings. The zero-order valence-corrected chi connectivity index (χ0v) is 15.1. The molecule has 0 spiro atoms. The van der Waals surface area contributed by atoms with Crippen molar-refractivity contribution in [2.75, 3.05) is 22.9 Å². The van der Waals surface area contributed by atoms with Gasteiger partial charge in [0.1, 0.15) is 12.3 Å². The second-order valence-corrected chi connectivity index (χ2v) is 6.93. The Bertz CT molecular complexity index is 877. The Labute approximate surface area is 153 Å². The minimum Gasteiger partial charge on any atom is -0.479 e. The van der Waals surface area contributed by atoms with Crippen molar-refractivity contribution < 1.29 is 14.3 Å². The van der Waals surface area contributed by atoms with Crippen molar-refractivity contribution in [3.63, 3.8) is 0 Å². The van der Waals surface area contributed by atoms with E-state index in [1.807, 2.05) is 48.2 Å². The van der Waals surface area contributed by atoms with Gasteiger partial charge < -0.3 is 9.64 Å². The van der Waals surface area contributed by atoms with Gasteiger partial charge in [0.25, 0.3) is 5.91 Å². The third-order valence-electron chi connectivity index (χ3n) is 5.03. The molecule has 2 aliphatic heterocycles. The van der Waals surface area contributed by atoms with Crippen molar-refractivity contribution in [1.29, 1.82) is 0 Å². The largest absolute Gasteiger partial charge is 0.479 e. The lowest BCUT2D eigenvalue weighted by Crippen LogP contribution is -2.50. The molecule has 0 aromatic heterocycles. The Balaban J connectivity index is 1.64. The van der Waals surface area contributed by atoms with Gasteiger partial charge in [-0.05, 0) is 56.0 Å². The molecule has 0 fully saturated rings. The first-order valence-electron chi connectivity index (χ1n) is 9.01. The second kappa shape index (κ2) is 6.48. The van der Waals surface area contributed by atoms with Gasteiger partial charge in [-0.25, -0.2) is 0 Å². The van der Waals surface area contributed by atoms with E-state index in [-0.39, 0.29) is 18.4 Å². The van der Waals surface area contributed by atoms with E-state index in [0.717, 1.165) is 24.1 Å². The maximum atomic E-state index is 13.1. The van der Waals surface area contributed by atoms with Crippen LogP contribution in [0, 0.1) is 6.92 Å². The highest BCUT2D eigenvalue weighted by Crippen LogP contribution is 2.35. The number of hydrogen-bond donors (Lipinski definition) is 0. The molecule has 5 heteroatoms. The quantitative estimate of drug-likeness (QED) is 0.836. The van der Waals surface area contributed by atoms with Gasteiger partial charge in [0, 0.05) is 12.2 Å². The van der Waals surface area contributed by atoms with Crippen LogP contribution in [-0.4, -0.2) is 31.0 Å². The number of amides is 2. The summed E-state index contributed by atoms with van der Waals surface area (Å²) < 4.78 is 5.70. The molecular formula is C21H22N2O3. The topological polar surface area (TPSA) is 49.9 Å². The predicted octanol–water partition coefficient (Wildman–Crippen LogP) is 3.09. The van der Waals surface area contributed by atoms with E-state index in [4.69, 9.17) is 4.74 Å². The zero-order chi connectivity index (χ0) is 18.3. The number of hydrogen-bond acceptors (Lipinski definition) is 3. The number of fused-ring (bicyclic) bond motifs is 2. The highest BCUT2D eigenvalue weighted by Gasteiger charge is 2.34. The third kappa shape index (κ3) is 2.83. The first-order chi connectivity index (χ1) is 12.5. The second-order valence-electron chi connectivity index (χ2n) is 6.93. The van der Waals surface area contributed by atoms with E-state index in [9.17, 15) is 9.59 Å². The minimum absolute atomic E-state index is 0.0251. The molecule has 26 heavy (non-hydrogen) atoms. The van der Waals surface area contributed by atoms with E-state index >= 15 is 0 Å². The fraction of sp³-hybridized carbons (Fsp3) is 0.333. The van der Waals surface area contributed by atoms with Gasteiger partial charge in [-0.3, -0.25) is 14.5 Å². The Morgan fingerprint density at radius 2 is 2.00 bits per heavy atom. The van der Waals surface area contributed by atoms with Gasteiger partial charge >= 0.3 is 0 Å². The molecular weight excluding hydrogens is 328 g/mol. The first-order valence-corrected chi connectivity index (χ1v) is 9.01.